The Bertz CT molecular complexity index is 274. The number of halogens is 1. The van der Waals surface area contributed by atoms with Gasteiger partial charge < -0.3 is 5.32 Å². The van der Waals surface area contributed by atoms with Gasteiger partial charge in [0.1, 0.15) is 5.82 Å². The Labute approximate surface area is 66.6 Å². The van der Waals surface area contributed by atoms with Crippen LogP contribution in [-0.2, 0) is 0 Å². The first kappa shape index (κ1) is 3.56. The van der Waals surface area contributed by atoms with Gasteiger partial charge in [0.25, 0.3) is 0 Å². The molecule has 0 aromatic carbocycles. The van der Waals surface area contributed by atoms with Crippen molar-refractivity contribution in [2.24, 2.45) is 0 Å². The number of aromatic nitrogens is 1. The van der Waals surface area contributed by atoms with Crippen molar-refractivity contribution in [2.75, 3.05) is 12.3 Å². The van der Waals surface area contributed by atoms with E-state index in [0.29, 0.717) is 5.82 Å². The lowest BCUT2D eigenvalue weighted by Gasteiger charge is -1.96. The summed E-state index contributed by atoms with van der Waals surface area (Å²) in [4.78, 5) is 3.82. The molecule has 2 nitrogen and oxygen atoms in total. The summed E-state index contributed by atoms with van der Waals surface area (Å²) in [5.74, 6) is 0.337. The van der Waals surface area contributed by atoms with Crippen molar-refractivity contribution < 1.29 is 4.11 Å². The van der Waals surface area contributed by atoms with Crippen molar-refractivity contribution in [2.45, 2.75) is 0 Å². The standard InChI is InChI=1S/C6H7BrN2/c1-8-6-4-5(7)2-3-9-6/h2-4H,1H3,(H,8,9)/i1D3. The molecule has 1 rings (SSSR count). The second-order valence-corrected chi connectivity index (χ2v) is 2.40. The van der Waals surface area contributed by atoms with E-state index in [1.165, 1.54) is 6.20 Å². The zero-order valence-electron chi connectivity index (χ0n) is 7.56. The SMILES string of the molecule is [2H]C([2H])([2H])Nc1cc(Br)ccn1. The Morgan fingerprint density at radius 1 is 1.89 bits per heavy atom. The molecule has 0 atom stereocenters. The summed E-state index contributed by atoms with van der Waals surface area (Å²) in [5, 5.41) is 2.28. The molecule has 1 N–H and O–H groups in total. The maximum absolute atomic E-state index is 6.91. The van der Waals surface area contributed by atoms with Crippen LogP contribution in [0.15, 0.2) is 22.8 Å². The maximum atomic E-state index is 6.91. The van der Waals surface area contributed by atoms with Gasteiger partial charge in [0.05, 0.1) is 0 Å². The molecule has 3 heteroatoms. The van der Waals surface area contributed by atoms with Gasteiger partial charge in [-0.3, -0.25) is 0 Å². The molecular weight excluding hydrogens is 180 g/mol. The molecule has 0 aliphatic carbocycles. The lowest BCUT2D eigenvalue weighted by atomic mass is 10.5. The van der Waals surface area contributed by atoms with E-state index in [2.05, 4.69) is 26.2 Å². The number of nitrogens with zero attached hydrogens (tertiary/aromatic N) is 1. The fourth-order valence-electron chi connectivity index (χ4n) is 0.473. The fraction of sp³-hybridized carbons (Fsp3) is 0.167. The van der Waals surface area contributed by atoms with Crippen LogP contribution in [0.5, 0.6) is 0 Å². The first-order valence-corrected chi connectivity index (χ1v) is 3.16. The van der Waals surface area contributed by atoms with E-state index in [-0.39, 0.29) is 0 Å². The lowest BCUT2D eigenvalue weighted by Crippen LogP contribution is -1.89. The Morgan fingerprint density at radius 2 is 2.78 bits per heavy atom. The van der Waals surface area contributed by atoms with E-state index in [1.54, 1.807) is 12.1 Å². The largest absolute Gasteiger partial charge is 0.373 e. The summed E-state index contributed by atoms with van der Waals surface area (Å²) in [6.45, 7) is -2.19. The third-order valence-electron chi connectivity index (χ3n) is 0.850. The molecule has 0 spiro atoms. The van der Waals surface area contributed by atoms with Crippen LogP contribution in [0.1, 0.15) is 4.11 Å². The number of rotatable bonds is 1. The molecule has 0 radical (unpaired) electrons. The molecule has 0 aliphatic heterocycles. The van der Waals surface area contributed by atoms with Crippen molar-refractivity contribution in [1.82, 2.24) is 4.98 Å². The molecule has 1 aromatic heterocycles. The quantitative estimate of drug-likeness (QED) is 0.731. The second-order valence-electron chi connectivity index (χ2n) is 1.48. The average molecular weight is 190 g/mol. The van der Waals surface area contributed by atoms with Crippen molar-refractivity contribution in [1.29, 1.82) is 0 Å². The average Bonchev–Trinajstić information content (AvgIpc) is 1.82. The van der Waals surface area contributed by atoms with Crippen LogP contribution in [-0.4, -0.2) is 12.0 Å². The van der Waals surface area contributed by atoms with Crippen LogP contribution in [0.3, 0.4) is 0 Å². The molecule has 0 fully saturated rings. The summed E-state index contributed by atoms with van der Waals surface area (Å²) in [6, 6.07) is 3.33. The molecule has 0 bridgehead atoms. The van der Waals surface area contributed by atoms with Gasteiger partial charge in [-0.2, -0.15) is 0 Å². The van der Waals surface area contributed by atoms with Crippen LogP contribution in [0.25, 0.3) is 0 Å². The van der Waals surface area contributed by atoms with Crippen molar-refractivity contribution in [3.8, 4) is 0 Å². The highest BCUT2D eigenvalue weighted by molar-refractivity contribution is 9.10. The van der Waals surface area contributed by atoms with Crippen LogP contribution in [0.4, 0.5) is 5.82 Å². The Balaban J connectivity index is 2.77. The highest BCUT2D eigenvalue weighted by atomic mass is 79.9. The minimum Gasteiger partial charge on any atom is -0.373 e. The molecule has 0 unspecified atom stereocenters. The topological polar surface area (TPSA) is 24.9 Å². The maximum Gasteiger partial charge on any atom is 0.126 e. The predicted molar refractivity (Wildman–Crippen MR) is 41.5 cm³/mol. The predicted octanol–water partition coefficient (Wildman–Crippen LogP) is 1.89. The highest BCUT2D eigenvalue weighted by Gasteiger charge is 1.87. The third-order valence-corrected chi connectivity index (χ3v) is 1.34. The fourth-order valence-corrected chi connectivity index (χ4v) is 0.808. The number of hydrogen-bond donors (Lipinski definition) is 1. The van der Waals surface area contributed by atoms with Crippen LogP contribution < -0.4 is 5.32 Å². The number of anilines is 1. The highest BCUT2D eigenvalue weighted by Crippen LogP contribution is 2.11. The summed E-state index contributed by atoms with van der Waals surface area (Å²) in [6.07, 6.45) is 1.53. The number of hydrogen-bond acceptors (Lipinski definition) is 2. The minimum absolute atomic E-state index is 0.337. The molecule has 1 heterocycles. The van der Waals surface area contributed by atoms with Gasteiger partial charge in [-0.1, -0.05) is 15.9 Å². The van der Waals surface area contributed by atoms with Gasteiger partial charge in [0.2, 0.25) is 0 Å². The normalized spacial score (nSPS) is 15.4. The van der Waals surface area contributed by atoms with Crippen LogP contribution in [0.2, 0.25) is 0 Å². The Kier molecular flexibility index (Phi) is 1.12. The van der Waals surface area contributed by atoms with Crippen molar-refractivity contribution in [3.63, 3.8) is 0 Å². The van der Waals surface area contributed by atoms with Gasteiger partial charge in [-0.25, -0.2) is 4.98 Å². The zero-order chi connectivity index (χ0) is 9.19. The van der Waals surface area contributed by atoms with Crippen molar-refractivity contribution >= 4 is 21.7 Å². The smallest absolute Gasteiger partial charge is 0.126 e. The third kappa shape index (κ3) is 1.68. The Morgan fingerprint density at radius 3 is 3.44 bits per heavy atom. The lowest BCUT2D eigenvalue weighted by molar-refractivity contribution is 1.28. The van der Waals surface area contributed by atoms with E-state index in [1.807, 2.05) is 0 Å². The number of pyridine rings is 1. The van der Waals surface area contributed by atoms with Gasteiger partial charge >= 0.3 is 0 Å². The first-order valence-electron chi connectivity index (χ1n) is 3.87. The molecule has 0 aliphatic rings. The van der Waals surface area contributed by atoms with Gasteiger partial charge in [0.15, 0.2) is 0 Å². The van der Waals surface area contributed by atoms with Crippen molar-refractivity contribution in [3.05, 3.63) is 22.8 Å². The first-order chi connectivity index (χ1) is 5.47. The Hall–Kier alpha value is -0.570. The van der Waals surface area contributed by atoms with E-state index in [0.717, 1.165) is 4.47 Å². The van der Waals surface area contributed by atoms with E-state index in [4.69, 9.17) is 4.11 Å². The van der Waals surface area contributed by atoms with Crippen LogP contribution in [0, 0.1) is 0 Å². The van der Waals surface area contributed by atoms with Gasteiger partial charge in [-0.05, 0) is 12.1 Å². The molecular formula is C6H7BrN2. The van der Waals surface area contributed by atoms with E-state index >= 15 is 0 Å². The zero-order valence-corrected chi connectivity index (χ0v) is 6.14. The van der Waals surface area contributed by atoms with Gasteiger partial charge in [0, 0.05) is 21.8 Å². The second kappa shape index (κ2) is 2.82. The molecule has 0 saturated carbocycles. The molecule has 0 amide bonds. The van der Waals surface area contributed by atoms with Gasteiger partial charge in [-0.15, -0.1) is 0 Å². The molecule has 48 valence electrons. The van der Waals surface area contributed by atoms with E-state index in [9.17, 15) is 0 Å². The van der Waals surface area contributed by atoms with E-state index < -0.39 is 6.98 Å². The summed E-state index contributed by atoms with van der Waals surface area (Å²) < 4.78 is 21.5. The molecule has 1 aromatic rings. The minimum atomic E-state index is -2.19. The monoisotopic (exact) mass is 189 g/mol. The molecule has 0 saturated heterocycles. The summed E-state index contributed by atoms with van der Waals surface area (Å²) in [7, 11) is 0. The summed E-state index contributed by atoms with van der Waals surface area (Å²) in [5.41, 5.74) is 0. The summed E-state index contributed by atoms with van der Waals surface area (Å²) >= 11 is 3.21. The number of nitrogens with one attached hydrogen (secondary N) is 1. The van der Waals surface area contributed by atoms with Crippen LogP contribution >= 0.6 is 15.9 Å². The molecule has 9 heavy (non-hydrogen) atoms.